The quantitative estimate of drug-likeness (QED) is 0.732. The molecule has 0 aliphatic heterocycles. The number of amides is 1. The highest BCUT2D eigenvalue weighted by molar-refractivity contribution is 5.94. The van der Waals surface area contributed by atoms with Crippen molar-refractivity contribution in [2.45, 2.75) is 39.7 Å². The summed E-state index contributed by atoms with van der Waals surface area (Å²) in [4.78, 5) is 24.2. The van der Waals surface area contributed by atoms with Crippen LogP contribution in [-0.4, -0.2) is 24.6 Å². The number of rotatable bonds is 8. The molecular formula is C21H25NO4. The Balaban J connectivity index is 1.89. The molecule has 0 aliphatic rings. The maximum Gasteiger partial charge on any atom is 0.347 e. The van der Waals surface area contributed by atoms with Gasteiger partial charge in [-0.25, -0.2) is 4.79 Å². The minimum atomic E-state index is -0.792. The molecule has 0 saturated carbocycles. The standard InChI is InChI=1S/C21H25NO4/c1-4-16-10-9-11-17(5-2)20(16)22-19(23)14-25-21(24)15(3)26-18-12-7-6-8-13-18/h6-13,15H,4-5,14H2,1-3H3,(H,22,23)/t15-/m1/s1. The maximum atomic E-state index is 12.2. The van der Waals surface area contributed by atoms with Crippen LogP contribution in [0.3, 0.4) is 0 Å². The zero-order valence-corrected chi connectivity index (χ0v) is 15.5. The Hall–Kier alpha value is -2.82. The summed E-state index contributed by atoms with van der Waals surface area (Å²) < 4.78 is 10.6. The molecule has 138 valence electrons. The van der Waals surface area contributed by atoms with E-state index in [0.717, 1.165) is 29.7 Å². The number of para-hydroxylation sites is 2. The Kier molecular flexibility index (Phi) is 7.21. The summed E-state index contributed by atoms with van der Waals surface area (Å²) in [5.74, 6) is -0.366. The molecule has 2 rings (SSSR count). The number of anilines is 1. The molecule has 0 aliphatic carbocycles. The molecule has 0 spiro atoms. The van der Waals surface area contributed by atoms with Gasteiger partial charge in [-0.1, -0.05) is 50.2 Å². The minimum absolute atomic E-state index is 0.345. The summed E-state index contributed by atoms with van der Waals surface area (Å²) in [5.41, 5.74) is 2.93. The third kappa shape index (κ3) is 5.34. The Morgan fingerprint density at radius 3 is 2.15 bits per heavy atom. The van der Waals surface area contributed by atoms with Crippen LogP contribution in [0.25, 0.3) is 0 Å². The van der Waals surface area contributed by atoms with Crippen molar-refractivity contribution in [1.29, 1.82) is 0 Å². The Morgan fingerprint density at radius 2 is 1.58 bits per heavy atom. The molecular weight excluding hydrogens is 330 g/mol. The number of benzene rings is 2. The molecule has 0 aromatic heterocycles. The van der Waals surface area contributed by atoms with E-state index in [2.05, 4.69) is 5.32 Å². The lowest BCUT2D eigenvalue weighted by Gasteiger charge is -2.16. The second kappa shape index (κ2) is 9.61. The summed E-state index contributed by atoms with van der Waals surface area (Å²) in [7, 11) is 0. The lowest BCUT2D eigenvalue weighted by Crippen LogP contribution is -2.30. The summed E-state index contributed by atoms with van der Waals surface area (Å²) in [6.45, 7) is 5.32. The normalized spacial score (nSPS) is 11.5. The Morgan fingerprint density at radius 1 is 0.962 bits per heavy atom. The molecule has 1 atom stereocenters. The first-order chi connectivity index (χ1) is 12.5. The van der Waals surface area contributed by atoms with Gasteiger partial charge in [0.05, 0.1) is 0 Å². The van der Waals surface area contributed by atoms with Crippen LogP contribution in [0, 0.1) is 0 Å². The number of nitrogens with one attached hydrogen (secondary N) is 1. The van der Waals surface area contributed by atoms with Gasteiger partial charge < -0.3 is 14.8 Å². The number of aryl methyl sites for hydroxylation is 2. The van der Waals surface area contributed by atoms with Gasteiger partial charge in [-0.15, -0.1) is 0 Å². The molecule has 5 heteroatoms. The largest absolute Gasteiger partial charge is 0.479 e. The third-order valence-corrected chi connectivity index (χ3v) is 4.00. The van der Waals surface area contributed by atoms with Crippen molar-refractivity contribution in [3.8, 4) is 5.75 Å². The number of esters is 1. The molecule has 0 radical (unpaired) electrons. The van der Waals surface area contributed by atoms with Crippen molar-refractivity contribution in [3.05, 3.63) is 59.7 Å². The number of carbonyl (C=O) groups excluding carboxylic acids is 2. The molecule has 1 N–H and O–H groups in total. The van der Waals surface area contributed by atoms with Crippen LogP contribution >= 0.6 is 0 Å². The molecule has 0 bridgehead atoms. The fraction of sp³-hybridized carbons (Fsp3) is 0.333. The van der Waals surface area contributed by atoms with Crippen molar-refractivity contribution < 1.29 is 19.1 Å². The average molecular weight is 355 g/mol. The van der Waals surface area contributed by atoms with E-state index in [9.17, 15) is 9.59 Å². The van der Waals surface area contributed by atoms with Crippen molar-refractivity contribution in [1.82, 2.24) is 0 Å². The number of hydrogen-bond donors (Lipinski definition) is 1. The van der Waals surface area contributed by atoms with Crippen molar-refractivity contribution >= 4 is 17.6 Å². The first kappa shape index (κ1) is 19.5. The molecule has 2 aromatic rings. The third-order valence-electron chi connectivity index (χ3n) is 4.00. The Labute approximate surface area is 154 Å². The van der Waals surface area contributed by atoms with Gasteiger partial charge in [-0.3, -0.25) is 4.79 Å². The zero-order chi connectivity index (χ0) is 18.9. The highest BCUT2D eigenvalue weighted by Gasteiger charge is 2.18. The van der Waals surface area contributed by atoms with E-state index in [4.69, 9.17) is 9.47 Å². The monoisotopic (exact) mass is 355 g/mol. The van der Waals surface area contributed by atoms with Gasteiger partial charge in [-0.2, -0.15) is 0 Å². The smallest absolute Gasteiger partial charge is 0.347 e. The second-order valence-corrected chi connectivity index (χ2v) is 5.89. The van der Waals surface area contributed by atoms with Crippen molar-refractivity contribution in [3.63, 3.8) is 0 Å². The van der Waals surface area contributed by atoms with Gasteiger partial charge in [0.25, 0.3) is 5.91 Å². The van der Waals surface area contributed by atoms with Crippen LogP contribution in [-0.2, 0) is 27.2 Å². The predicted molar refractivity (Wildman–Crippen MR) is 101 cm³/mol. The molecule has 0 heterocycles. The summed E-state index contributed by atoms with van der Waals surface area (Å²) >= 11 is 0. The average Bonchev–Trinajstić information content (AvgIpc) is 2.66. The molecule has 1 amide bonds. The van der Waals surface area contributed by atoms with Gasteiger partial charge >= 0.3 is 5.97 Å². The van der Waals surface area contributed by atoms with E-state index >= 15 is 0 Å². The summed E-state index contributed by atoms with van der Waals surface area (Å²) in [6.07, 6.45) is 0.829. The molecule has 0 saturated heterocycles. The molecule has 5 nitrogen and oxygen atoms in total. The lowest BCUT2D eigenvalue weighted by molar-refractivity contribution is -0.153. The van der Waals surface area contributed by atoms with Crippen molar-refractivity contribution in [2.24, 2.45) is 0 Å². The fourth-order valence-electron chi connectivity index (χ4n) is 2.58. The molecule has 2 aromatic carbocycles. The lowest BCUT2D eigenvalue weighted by atomic mass is 10.0. The first-order valence-electron chi connectivity index (χ1n) is 8.84. The Bertz CT molecular complexity index is 721. The highest BCUT2D eigenvalue weighted by atomic mass is 16.6. The van der Waals surface area contributed by atoms with Gasteiger partial charge in [0.15, 0.2) is 12.7 Å². The summed E-state index contributed by atoms with van der Waals surface area (Å²) in [5, 5.41) is 2.87. The first-order valence-corrected chi connectivity index (χ1v) is 8.84. The maximum absolute atomic E-state index is 12.2. The predicted octanol–water partition coefficient (Wildman–Crippen LogP) is 3.76. The molecule has 0 unspecified atom stereocenters. The van der Waals surface area contributed by atoms with E-state index in [1.165, 1.54) is 0 Å². The second-order valence-electron chi connectivity index (χ2n) is 5.89. The topological polar surface area (TPSA) is 64.6 Å². The van der Waals surface area contributed by atoms with E-state index < -0.39 is 12.1 Å². The number of carbonyl (C=O) groups is 2. The fourth-order valence-corrected chi connectivity index (χ4v) is 2.58. The van der Waals surface area contributed by atoms with Crippen LogP contribution in [0.4, 0.5) is 5.69 Å². The van der Waals surface area contributed by atoms with E-state index in [-0.39, 0.29) is 12.5 Å². The van der Waals surface area contributed by atoms with Crippen LogP contribution in [0.5, 0.6) is 5.75 Å². The van der Waals surface area contributed by atoms with Gasteiger partial charge in [0.1, 0.15) is 5.75 Å². The van der Waals surface area contributed by atoms with E-state index in [1.54, 1.807) is 19.1 Å². The number of hydrogen-bond acceptors (Lipinski definition) is 4. The van der Waals surface area contributed by atoms with Gasteiger partial charge in [0.2, 0.25) is 0 Å². The SMILES string of the molecule is CCc1cccc(CC)c1NC(=O)COC(=O)[C@@H](C)Oc1ccccc1. The van der Waals surface area contributed by atoms with Crippen molar-refractivity contribution in [2.75, 3.05) is 11.9 Å². The van der Waals surface area contributed by atoms with E-state index in [0.29, 0.717) is 5.75 Å². The summed E-state index contributed by atoms with van der Waals surface area (Å²) in [6, 6.07) is 14.9. The van der Waals surface area contributed by atoms with Gasteiger partial charge in [-0.05, 0) is 43.0 Å². The highest BCUT2D eigenvalue weighted by Crippen LogP contribution is 2.22. The zero-order valence-electron chi connectivity index (χ0n) is 15.5. The number of ether oxygens (including phenoxy) is 2. The minimum Gasteiger partial charge on any atom is -0.479 e. The van der Waals surface area contributed by atoms with E-state index in [1.807, 2.05) is 50.2 Å². The van der Waals surface area contributed by atoms with Crippen LogP contribution < -0.4 is 10.1 Å². The van der Waals surface area contributed by atoms with Crippen LogP contribution in [0.15, 0.2) is 48.5 Å². The van der Waals surface area contributed by atoms with Crippen LogP contribution in [0.1, 0.15) is 31.9 Å². The molecule has 0 fully saturated rings. The molecule has 26 heavy (non-hydrogen) atoms. The van der Waals surface area contributed by atoms with Gasteiger partial charge in [0, 0.05) is 5.69 Å². The van der Waals surface area contributed by atoms with Crippen LogP contribution in [0.2, 0.25) is 0 Å².